The molecule has 9 rings (SSSR count). The number of esters is 1. The summed E-state index contributed by atoms with van der Waals surface area (Å²) < 4.78 is 5.39. The van der Waals surface area contributed by atoms with Crippen molar-refractivity contribution in [3.8, 4) is 0 Å². The fourth-order valence-electron chi connectivity index (χ4n) is 12.8. The van der Waals surface area contributed by atoms with Crippen molar-refractivity contribution in [2.24, 2.45) is 33.0 Å². The Morgan fingerprint density at radius 2 is 1.58 bits per heavy atom. The van der Waals surface area contributed by atoms with E-state index >= 15 is 0 Å². The number of nitrogens with zero attached hydrogens (tertiary/aromatic N) is 5. The zero-order valence-electron chi connectivity index (χ0n) is 34.6. The number of hydrogen-bond acceptors (Lipinski definition) is 7. The molecule has 8 heteroatoms. The van der Waals surface area contributed by atoms with Crippen LogP contribution < -0.4 is 0 Å². The van der Waals surface area contributed by atoms with Crippen LogP contribution in [0.5, 0.6) is 0 Å². The molecule has 0 bridgehead atoms. The number of carbonyl (C=O) groups excluding carboxylic acids is 2. The smallest absolute Gasteiger partial charge is 0.311 e. The maximum atomic E-state index is 13.8. The van der Waals surface area contributed by atoms with Crippen molar-refractivity contribution in [2.45, 2.75) is 99.0 Å². The van der Waals surface area contributed by atoms with Crippen molar-refractivity contribution in [1.82, 2.24) is 24.7 Å². The van der Waals surface area contributed by atoms with Crippen LogP contribution in [0.2, 0.25) is 0 Å². The number of fused-ring (bicyclic) bond motifs is 9. The first-order chi connectivity index (χ1) is 26.1. The Balaban J connectivity index is 1.03. The third-order valence-corrected chi connectivity index (χ3v) is 17.0. The minimum atomic E-state index is -0.441. The lowest BCUT2D eigenvalue weighted by atomic mass is 9.33. The number of ether oxygens (including phenoxy) is 1. The molecule has 8 nitrogen and oxygen atoms in total. The highest BCUT2D eigenvalue weighted by Gasteiger charge is 2.68. The van der Waals surface area contributed by atoms with Crippen LogP contribution in [0.25, 0.3) is 33.7 Å². The van der Waals surface area contributed by atoms with Gasteiger partial charge in [0.1, 0.15) is 0 Å². The van der Waals surface area contributed by atoms with E-state index in [0.717, 1.165) is 99.0 Å². The van der Waals surface area contributed by atoms with Crippen LogP contribution in [-0.2, 0) is 9.53 Å². The number of methoxy groups -OCH3 is 1. The quantitative estimate of drug-likeness (QED) is 0.197. The number of benzene rings is 2. The largest absolute Gasteiger partial charge is 0.469 e. The molecule has 292 valence electrons. The van der Waals surface area contributed by atoms with Crippen LogP contribution in [-0.4, -0.2) is 96.0 Å². The van der Waals surface area contributed by atoms with Gasteiger partial charge in [-0.2, -0.15) is 0 Å². The maximum Gasteiger partial charge on any atom is 0.311 e. The number of amides is 1. The van der Waals surface area contributed by atoms with Crippen LogP contribution in [0.3, 0.4) is 0 Å². The van der Waals surface area contributed by atoms with Crippen molar-refractivity contribution in [2.75, 3.05) is 53.4 Å². The fourth-order valence-corrected chi connectivity index (χ4v) is 12.8. The molecule has 0 unspecified atom stereocenters. The van der Waals surface area contributed by atoms with Gasteiger partial charge in [0, 0.05) is 43.2 Å². The molecule has 0 radical (unpaired) electrons. The predicted octanol–water partition coefficient (Wildman–Crippen LogP) is 8.56. The molecular weight excluding hydrogens is 683 g/mol. The van der Waals surface area contributed by atoms with E-state index in [4.69, 9.17) is 14.7 Å². The van der Waals surface area contributed by atoms with Crippen LogP contribution >= 0.6 is 0 Å². The molecule has 1 aromatic heterocycles. The molecule has 0 N–H and O–H groups in total. The summed E-state index contributed by atoms with van der Waals surface area (Å²) in [7, 11) is 3.76. The Kier molecular flexibility index (Phi) is 8.54. The molecule has 2 aromatic carbocycles. The van der Waals surface area contributed by atoms with Gasteiger partial charge in [0.05, 0.1) is 34.6 Å². The zero-order valence-corrected chi connectivity index (χ0v) is 34.6. The number of aryl methyl sites for hydroxylation is 1. The minimum Gasteiger partial charge on any atom is -0.469 e. The van der Waals surface area contributed by atoms with Gasteiger partial charge < -0.3 is 14.5 Å². The molecule has 3 aromatic rings. The fraction of sp³-hybridized carbons (Fsp3) is 0.617. The third kappa shape index (κ3) is 5.36. The molecule has 3 heterocycles. The Morgan fingerprint density at radius 3 is 2.31 bits per heavy atom. The molecule has 4 fully saturated rings. The van der Waals surface area contributed by atoms with E-state index in [0.29, 0.717) is 17.5 Å². The lowest BCUT2D eigenvalue weighted by molar-refractivity contribution is -0.190. The van der Waals surface area contributed by atoms with Crippen molar-refractivity contribution in [3.63, 3.8) is 0 Å². The topological polar surface area (TPSA) is 78.9 Å². The van der Waals surface area contributed by atoms with E-state index in [-0.39, 0.29) is 33.5 Å². The van der Waals surface area contributed by atoms with Gasteiger partial charge in [-0.25, -0.2) is 9.97 Å². The van der Waals surface area contributed by atoms with Gasteiger partial charge in [-0.3, -0.25) is 14.5 Å². The SMILES string of the molecule is COC(=O)[C@]1(C)CC[C@]2(C)CC[C@@]3(C)[C@@](C)(CC=C4c5cc6nc7cc(C(=O)N8CCN(C9CCN(C)CC9)CC8)ccc7nc6c(C)c5C=C[C@]43C)[C@@H]2C1. The van der Waals surface area contributed by atoms with Gasteiger partial charge in [0.2, 0.25) is 0 Å². The maximum absolute atomic E-state index is 13.8. The van der Waals surface area contributed by atoms with E-state index in [1.807, 2.05) is 23.1 Å². The number of likely N-dealkylation sites (tertiary alicyclic amines) is 1. The monoisotopic (exact) mass is 743 g/mol. The summed E-state index contributed by atoms with van der Waals surface area (Å²) in [4.78, 5) is 44.5. The molecule has 2 saturated carbocycles. The molecule has 1 amide bonds. The van der Waals surface area contributed by atoms with E-state index < -0.39 is 5.41 Å². The number of carbonyl (C=O) groups is 2. The van der Waals surface area contributed by atoms with Crippen molar-refractivity contribution in [1.29, 1.82) is 0 Å². The molecule has 55 heavy (non-hydrogen) atoms. The second-order valence-corrected chi connectivity index (χ2v) is 19.7. The van der Waals surface area contributed by atoms with Crippen LogP contribution in [0.4, 0.5) is 0 Å². The number of hydrogen-bond donors (Lipinski definition) is 0. The minimum absolute atomic E-state index is 0.0113. The Hall–Kier alpha value is -3.62. The van der Waals surface area contributed by atoms with Crippen LogP contribution in [0.1, 0.15) is 113 Å². The third-order valence-electron chi connectivity index (χ3n) is 17.0. The number of allylic oxidation sites excluding steroid dienone is 3. The van der Waals surface area contributed by atoms with Crippen molar-refractivity contribution in [3.05, 3.63) is 58.7 Å². The summed E-state index contributed by atoms with van der Waals surface area (Å²) in [5.41, 5.74) is 8.73. The Morgan fingerprint density at radius 1 is 0.855 bits per heavy atom. The molecule has 2 saturated heterocycles. The highest BCUT2D eigenvalue weighted by atomic mass is 16.5. The summed E-state index contributed by atoms with van der Waals surface area (Å²) in [6.45, 7) is 20.1. The van der Waals surface area contributed by atoms with Gasteiger partial charge in [0.15, 0.2) is 0 Å². The number of rotatable bonds is 3. The molecular formula is C47H61N5O3. The van der Waals surface area contributed by atoms with Gasteiger partial charge in [-0.05, 0) is 154 Å². The second kappa shape index (κ2) is 12.7. The molecule has 6 aliphatic rings. The number of piperidine rings is 1. The highest BCUT2D eigenvalue weighted by molar-refractivity contribution is 6.00. The first-order valence-corrected chi connectivity index (χ1v) is 21.1. The summed E-state index contributed by atoms with van der Waals surface area (Å²) in [6, 6.07) is 8.80. The average Bonchev–Trinajstić information content (AvgIpc) is 3.18. The van der Waals surface area contributed by atoms with Gasteiger partial charge in [-0.1, -0.05) is 45.9 Å². The van der Waals surface area contributed by atoms with Crippen LogP contribution in [0, 0.1) is 39.9 Å². The molecule has 2 aliphatic heterocycles. The lowest BCUT2D eigenvalue weighted by Crippen LogP contribution is -2.63. The molecule has 0 spiro atoms. The number of piperazine rings is 1. The highest BCUT2D eigenvalue weighted by Crippen LogP contribution is 2.76. The first kappa shape index (κ1) is 37.0. The predicted molar refractivity (Wildman–Crippen MR) is 221 cm³/mol. The summed E-state index contributed by atoms with van der Waals surface area (Å²) >= 11 is 0. The van der Waals surface area contributed by atoms with Crippen molar-refractivity contribution < 1.29 is 14.3 Å². The summed E-state index contributed by atoms with van der Waals surface area (Å²) in [5.74, 6) is 0.451. The van der Waals surface area contributed by atoms with Gasteiger partial charge in [0.25, 0.3) is 5.91 Å². The molecule has 6 atom stereocenters. The molecule has 4 aliphatic carbocycles. The first-order valence-electron chi connectivity index (χ1n) is 21.1. The van der Waals surface area contributed by atoms with E-state index in [1.54, 1.807) is 7.11 Å². The van der Waals surface area contributed by atoms with Gasteiger partial charge in [-0.15, -0.1) is 0 Å². The summed E-state index contributed by atoms with van der Waals surface area (Å²) in [5, 5.41) is 0. The normalized spacial score (nSPS) is 35.5. The number of aromatic nitrogens is 2. The van der Waals surface area contributed by atoms with E-state index in [2.05, 4.69) is 82.7 Å². The zero-order chi connectivity index (χ0) is 38.7. The average molecular weight is 744 g/mol. The van der Waals surface area contributed by atoms with Crippen LogP contribution in [0.15, 0.2) is 36.4 Å². The Bertz CT molecular complexity index is 2160. The second-order valence-electron chi connectivity index (χ2n) is 19.7. The standard InChI is InChI=1S/C47H61N5O3/c1-30-33-11-15-45(4)35(12-16-46(5)39-29-44(3,42(54)55-8)18-17-43(39,2)19-20-47(45,46)6)34(33)28-38-40(30)49-36-10-9-31(27-37(36)48-38)41(53)52-25-23-51(24-26-52)32-13-21-50(7)22-14-32/h9-12,15,27-28,32,39H,13-14,16-26,29H2,1-8H3/t39-,43-,44-,45-,46+,47-/m1/s1. The van der Waals surface area contributed by atoms with E-state index in [9.17, 15) is 9.59 Å². The lowest BCUT2D eigenvalue weighted by Gasteiger charge is -2.70. The Labute approximate surface area is 327 Å². The summed E-state index contributed by atoms with van der Waals surface area (Å²) in [6.07, 6.45) is 16.0. The van der Waals surface area contributed by atoms with E-state index in [1.165, 1.54) is 36.0 Å². The van der Waals surface area contributed by atoms with Crippen molar-refractivity contribution >= 4 is 45.6 Å². The van der Waals surface area contributed by atoms with Gasteiger partial charge >= 0.3 is 5.97 Å².